The molecule has 1 aliphatic rings. The maximum absolute atomic E-state index is 15.1. The third-order valence-corrected chi connectivity index (χ3v) is 7.08. The Labute approximate surface area is 215 Å². The fraction of sp³-hybridized carbons (Fsp3) is 0.179. The Morgan fingerprint density at radius 2 is 1.89 bits per heavy atom. The Kier molecular flexibility index (Phi) is 6.71. The number of ketones is 1. The monoisotopic (exact) mass is 520 g/mol. The third kappa shape index (κ3) is 4.58. The number of anilines is 1. The van der Waals surface area contributed by atoms with Gasteiger partial charge in [0, 0.05) is 11.1 Å². The Morgan fingerprint density at radius 1 is 1.08 bits per heavy atom. The SMILES string of the molecule is CCCCOc1cccc(/C(O)=C2\C(=O)C(=O)N(c3nc4ccc(F)cc4s3)C2c2ccccc2F)c1. The largest absolute Gasteiger partial charge is 0.507 e. The van der Waals surface area contributed by atoms with E-state index in [1.54, 1.807) is 30.3 Å². The van der Waals surface area contributed by atoms with Crippen LogP contribution in [-0.4, -0.2) is 28.4 Å². The van der Waals surface area contributed by atoms with Gasteiger partial charge in [0.05, 0.1) is 22.4 Å². The van der Waals surface area contributed by atoms with Crippen LogP contribution in [0.1, 0.15) is 36.9 Å². The number of thiazole rings is 1. The number of carbonyl (C=O) groups excluding carboxylic acids is 2. The van der Waals surface area contributed by atoms with Crippen molar-refractivity contribution >= 4 is 44.1 Å². The summed E-state index contributed by atoms with van der Waals surface area (Å²) in [5.74, 6) is -3.05. The second-order valence-corrected chi connectivity index (χ2v) is 9.54. The molecule has 1 N–H and O–H groups in total. The Morgan fingerprint density at radius 3 is 2.68 bits per heavy atom. The van der Waals surface area contributed by atoms with Crippen molar-refractivity contribution < 1.29 is 28.2 Å². The van der Waals surface area contributed by atoms with Gasteiger partial charge in [-0.1, -0.05) is 55.0 Å². The van der Waals surface area contributed by atoms with Crippen molar-refractivity contribution in [1.29, 1.82) is 0 Å². The molecule has 4 aromatic rings. The van der Waals surface area contributed by atoms with Gasteiger partial charge in [0.15, 0.2) is 5.13 Å². The first kappa shape index (κ1) is 24.6. The molecule has 6 nitrogen and oxygen atoms in total. The first-order valence-electron chi connectivity index (χ1n) is 11.7. The average molecular weight is 521 g/mol. The van der Waals surface area contributed by atoms with Crippen LogP contribution in [0.3, 0.4) is 0 Å². The summed E-state index contributed by atoms with van der Waals surface area (Å²) in [4.78, 5) is 32.1. The molecule has 0 aliphatic carbocycles. The molecular formula is C28H22F2N2O4S. The van der Waals surface area contributed by atoms with E-state index in [1.807, 2.05) is 6.92 Å². The minimum absolute atomic E-state index is 0.0176. The number of Topliss-reactive ketones (excluding diaryl/α,β-unsaturated/α-hetero) is 1. The van der Waals surface area contributed by atoms with E-state index < -0.39 is 35.1 Å². The summed E-state index contributed by atoms with van der Waals surface area (Å²) in [6.45, 7) is 2.52. The molecule has 2 heterocycles. The molecule has 1 unspecified atom stereocenters. The van der Waals surface area contributed by atoms with E-state index >= 15 is 4.39 Å². The number of halogens is 2. The van der Waals surface area contributed by atoms with Gasteiger partial charge in [0.2, 0.25) is 0 Å². The zero-order chi connectivity index (χ0) is 26.1. The van der Waals surface area contributed by atoms with Crippen molar-refractivity contribution in [3.8, 4) is 5.75 Å². The molecule has 1 aliphatic heterocycles. The second kappa shape index (κ2) is 10.1. The lowest BCUT2D eigenvalue weighted by Gasteiger charge is -2.23. The van der Waals surface area contributed by atoms with Crippen molar-refractivity contribution in [1.82, 2.24) is 4.98 Å². The number of hydrogen-bond acceptors (Lipinski definition) is 6. The van der Waals surface area contributed by atoms with E-state index in [1.165, 1.54) is 36.4 Å². The van der Waals surface area contributed by atoms with Crippen LogP contribution in [0, 0.1) is 11.6 Å². The lowest BCUT2D eigenvalue weighted by molar-refractivity contribution is -0.132. The second-order valence-electron chi connectivity index (χ2n) is 8.53. The number of aliphatic hydroxyl groups excluding tert-OH is 1. The van der Waals surface area contributed by atoms with Gasteiger partial charge in [-0.15, -0.1) is 0 Å². The quantitative estimate of drug-likeness (QED) is 0.132. The van der Waals surface area contributed by atoms with E-state index in [-0.39, 0.29) is 21.8 Å². The van der Waals surface area contributed by atoms with Gasteiger partial charge in [-0.2, -0.15) is 0 Å². The highest BCUT2D eigenvalue weighted by molar-refractivity contribution is 7.22. The predicted octanol–water partition coefficient (Wildman–Crippen LogP) is 6.38. The molecule has 3 aromatic carbocycles. The van der Waals surface area contributed by atoms with Crippen LogP contribution in [-0.2, 0) is 9.59 Å². The van der Waals surface area contributed by atoms with Crippen LogP contribution in [0.25, 0.3) is 16.0 Å². The summed E-state index contributed by atoms with van der Waals surface area (Å²) >= 11 is 0.997. The summed E-state index contributed by atoms with van der Waals surface area (Å²) in [7, 11) is 0. The molecule has 0 bridgehead atoms. The molecule has 0 spiro atoms. The van der Waals surface area contributed by atoms with Gasteiger partial charge in [0.1, 0.15) is 29.2 Å². The van der Waals surface area contributed by atoms with E-state index in [0.717, 1.165) is 29.1 Å². The van der Waals surface area contributed by atoms with Crippen molar-refractivity contribution in [2.75, 3.05) is 11.5 Å². The number of carbonyl (C=O) groups is 2. The molecule has 1 saturated heterocycles. The van der Waals surface area contributed by atoms with Gasteiger partial charge in [0.25, 0.3) is 5.78 Å². The number of benzene rings is 3. The van der Waals surface area contributed by atoms with Crippen LogP contribution in [0.15, 0.2) is 72.3 Å². The molecule has 1 fully saturated rings. The molecule has 188 valence electrons. The van der Waals surface area contributed by atoms with Crippen molar-refractivity contribution in [2.45, 2.75) is 25.8 Å². The maximum atomic E-state index is 15.1. The van der Waals surface area contributed by atoms with Crippen molar-refractivity contribution in [2.24, 2.45) is 0 Å². The number of amides is 1. The van der Waals surface area contributed by atoms with Crippen LogP contribution < -0.4 is 9.64 Å². The Bertz CT molecular complexity index is 1550. The highest BCUT2D eigenvalue weighted by atomic mass is 32.1. The molecule has 1 aromatic heterocycles. The molecule has 0 radical (unpaired) electrons. The standard InChI is InChI=1S/C28H22F2N2O4S/c1-2-3-13-36-18-8-6-7-16(14-18)25(33)23-24(19-9-4-5-10-20(19)30)32(27(35)26(23)34)28-31-21-12-11-17(29)15-22(21)37-28/h4-12,14-15,24,33H,2-3,13H2,1H3/b25-23+. The number of rotatable bonds is 7. The van der Waals surface area contributed by atoms with E-state index in [9.17, 15) is 19.1 Å². The maximum Gasteiger partial charge on any atom is 0.301 e. The summed E-state index contributed by atoms with van der Waals surface area (Å²) in [6.07, 6.45) is 1.80. The van der Waals surface area contributed by atoms with Crippen molar-refractivity contribution in [3.63, 3.8) is 0 Å². The van der Waals surface area contributed by atoms with Gasteiger partial charge >= 0.3 is 5.91 Å². The zero-order valence-electron chi connectivity index (χ0n) is 19.8. The molecule has 9 heteroatoms. The lowest BCUT2D eigenvalue weighted by Crippen LogP contribution is -2.29. The summed E-state index contributed by atoms with van der Waals surface area (Å²) in [5.41, 5.74) is 0.419. The Balaban J connectivity index is 1.66. The van der Waals surface area contributed by atoms with Gasteiger partial charge < -0.3 is 9.84 Å². The number of unbranched alkanes of at least 4 members (excludes halogenated alkanes) is 1. The van der Waals surface area contributed by atoms with Crippen molar-refractivity contribution in [3.05, 3.63) is 95.1 Å². The van der Waals surface area contributed by atoms with Gasteiger partial charge in [-0.3, -0.25) is 14.5 Å². The predicted molar refractivity (Wildman–Crippen MR) is 138 cm³/mol. The smallest absolute Gasteiger partial charge is 0.301 e. The number of aromatic nitrogens is 1. The molecule has 37 heavy (non-hydrogen) atoms. The normalized spacial score (nSPS) is 17.1. The molecule has 1 atom stereocenters. The summed E-state index contributed by atoms with van der Waals surface area (Å²) in [6, 6.07) is 14.9. The van der Waals surface area contributed by atoms with E-state index in [2.05, 4.69) is 4.98 Å². The Hall–Kier alpha value is -4.11. The first-order valence-corrected chi connectivity index (χ1v) is 12.6. The van der Waals surface area contributed by atoms with Crippen LogP contribution in [0.2, 0.25) is 0 Å². The number of hydrogen-bond donors (Lipinski definition) is 1. The highest BCUT2D eigenvalue weighted by Gasteiger charge is 2.49. The van der Waals surface area contributed by atoms with Gasteiger partial charge in [-0.25, -0.2) is 13.8 Å². The van der Waals surface area contributed by atoms with Crippen LogP contribution in [0.4, 0.5) is 13.9 Å². The number of nitrogens with zero attached hydrogens (tertiary/aromatic N) is 2. The zero-order valence-corrected chi connectivity index (χ0v) is 20.6. The molecular weight excluding hydrogens is 498 g/mol. The van der Waals surface area contributed by atoms with Gasteiger partial charge in [-0.05, 0) is 42.8 Å². The first-order chi connectivity index (χ1) is 17.9. The summed E-state index contributed by atoms with van der Waals surface area (Å²) in [5, 5.41) is 11.4. The van der Waals surface area contributed by atoms with E-state index in [4.69, 9.17) is 4.74 Å². The summed E-state index contributed by atoms with van der Waals surface area (Å²) < 4.78 is 35.0. The number of fused-ring (bicyclic) bond motifs is 1. The third-order valence-electron chi connectivity index (χ3n) is 6.06. The molecule has 0 saturated carbocycles. The van der Waals surface area contributed by atoms with E-state index in [0.29, 0.717) is 22.6 Å². The fourth-order valence-electron chi connectivity index (χ4n) is 4.23. The van der Waals surface area contributed by atoms with Crippen LogP contribution >= 0.6 is 11.3 Å². The lowest BCUT2D eigenvalue weighted by atomic mass is 9.95. The average Bonchev–Trinajstić information content (AvgIpc) is 3.42. The minimum atomic E-state index is -1.28. The minimum Gasteiger partial charge on any atom is -0.507 e. The molecule has 5 rings (SSSR count). The fourth-order valence-corrected chi connectivity index (χ4v) is 5.25. The highest BCUT2D eigenvalue weighted by Crippen LogP contribution is 2.45. The number of aliphatic hydroxyl groups is 1. The topological polar surface area (TPSA) is 79.7 Å². The van der Waals surface area contributed by atoms with Crippen LogP contribution in [0.5, 0.6) is 5.75 Å². The molecule has 1 amide bonds. The number of ether oxygens (including phenoxy) is 1.